The van der Waals surface area contributed by atoms with E-state index >= 15 is 0 Å². The van der Waals surface area contributed by atoms with Crippen molar-refractivity contribution in [3.8, 4) is 0 Å². The molecular formula is C15H26N2O3. The minimum atomic E-state index is -0.754. The van der Waals surface area contributed by atoms with E-state index in [-0.39, 0.29) is 28.8 Å². The van der Waals surface area contributed by atoms with Crippen molar-refractivity contribution >= 4 is 12.0 Å². The third kappa shape index (κ3) is 2.63. The molecule has 2 saturated carbocycles. The highest BCUT2D eigenvalue weighted by atomic mass is 16.4. The van der Waals surface area contributed by atoms with E-state index in [1.54, 1.807) is 0 Å². The molecule has 0 aliphatic heterocycles. The topological polar surface area (TPSA) is 78.4 Å². The number of carboxylic acid groups (broad SMARTS) is 1. The van der Waals surface area contributed by atoms with E-state index in [1.807, 2.05) is 0 Å². The maximum Gasteiger partial charge on any atom is 0.315 e. The molecule has 20 heavy (non-hydrogen) atoms. The predicted molar refractivity (Wildman–Crippen MR) is 76.4 cm³/mol. The molecule has 0 aromatic heterocycles. The lowest BCUT2D eigenvalue weighted by atomic mass is 10.0. The summed E-state index contributed by atoms with van der Waals surface area (Å²) >= 11 is 0. The summed E-state index contributed by atoms with van der Waals surface area (Å²) in [5.74, 6) is -0.561. The van der Waals surface area contributed by atoms with E-state index in [1.165, 1.54) is 0 Å². The van der Waals surface area contributed by atoms with Crippen molar-refractivity contribution in [2.45, 2.75) is 53.0 Å². The summed E-state index contributed by atoms with van der Waals surface area (Å²) in [5.41, 5.74) is 0.532. The van der Waals surface area contributed by atoms with E-state index in [0.29, 0.717) is 25.3 Å². The summed E-state index contributed by atoms with van der Waals surface area (Å²) in [6.45, 7) is 9.59. The van der Waals surface area contributed by atoms with E-state index in [4.69, 9.17) is 5.11 Å². The van der Waals surface area contributed by atoms with Crippen molar-refractivity contribution in [2.75, 3.05) is 6.54 Å². The first-order valence-corrected chi connectivity index (χ1v) is 7.43. The second-order valence-corrected chi connectivity index (χ2v) is 7.40. The summed E-state index contributed by atoms with van der Waals surface area (Å²) in [6, 6.07) is -0.170. The Morgan fingerprint density at radius 1 is 1.15 bits per heavy atom. The number of urea groups is 1. The summed E-state index contributed by atoms with van der Waals surface area (Å²) in [6.07, 6.45) is 1.96. The lowest BCUT2D eigenvalue weighted by Crippen LogP contribution is -2.42. The Kier molecular flexibility index (Phi) is 3.73. The third-order valence-corrected chi connectivity index (χ3v) is 5.90. The zero-order chi connectivity index (χ0) is 15.1. The van der Waals surface area contributed by atoms with Gasteiger partial charge < -0.3 is 15.7 Å². The van der Waals surface area contributed by atoms with Crippen LogP contribution >= 0.6 is 0 Å². The van der Waals surface area contributed by atoms with Crippen LogP contribution in [0.4, 0.5) is 4.79 Å². The molecule has 0 spiro atoms. The molecule has 2 fully saturated rings. The number of rotatable bonds is 4. The van der Waals surface area contributed by atoms with Crippen LogP contribution in [0.15, 0.2) is 0 Å². The number of amides is 2. The molecule has 2 aliphatic rings. The molecule has 5 nitrogen and oxygen atoms in total. The number of aliphatic carboxylic acids is 1. The van der Waals surface area contributed by atoms with Crippen molar-refractivity contribution < 1.29 is 14.7 Å². The number of carboxylic acids is 1. The second-order valence-electron chi connectivity index (χ2n) is 7.40. The first-order valence-electron chi connectivity index (χ1n) is 7.43. The minimum Gasteiger partial charge on any atom is -0.481 e. The highest BCUT2D eigenvalue weighted by Gasteiger charge is 2.64. The van der Waals surface area contributed by atoms with E-state index in [9.17, 15) is 9.59 Å². The van der Waals surface area contributed by atoms with Gasteiger partial charge in [-0.2, -0.15) is 0 Å². The Morgan fingerprint density at radius 2 is 1.75 bits per heavy atom. The zero-order valence-corrected chi connectivity index (χ0v) is 12.8. The Balaban J connectivity index is 1.71. The fourth-order valence-electron chi connectivity index (χ4n) is 3.61. The maximum absolute atomic E-state index is 11.9. The van der Waals surface area contributed by atoms with Crippen molar-refractivity contribution in [3.05, 3.63) is 0 Å². The van der Waals surface area contributed by atoms with Gasteiger partial charge in [0, 0.05) is 12.6 Å². The zero-order valence-electron chi connectivity index (χ0n) is 12.8. The summed E-state index contributed by atoms with van der Waals surface area (Å²) in [5, 5.41) is 14.8. The number of nitrogens with one attached hydrogen (secondary N) is 2. The SMILES string of the molecule is CC1(C)C(CNC(=O)NC2CCC(C(=O)O)C2)C1(C)C. The van der Waals surface area contributed by atoms with Crippen molar-refractivity contribution in [1.29, 1.82) is 0 Å². The largest absolute Gasteiger partial charge is 0.481 e. The third-order valence-electron chi connectivity index (χ3n) is 5.90. The smallest absolute Gasteiger partial charge is 0.315 e. The van der Waals surface area contributed by atoms with Gasteiger partial charge in [0.2, 0.25) is 0 Å². The van der Waals surface area contributed by atoms with Crippen molar-refractivity contribution in [3.63, 3.8) is 0 Å². The van der Waals surface area contributed by atoms with Crippen LogP contribution in [-0.4, -0.2) is 29.7 Å². The monoisotopic (exact) mass is 282 g/mol. The molecule has 2 unspecified atom stereocenters. The van der Waals surface area contributed by atoms with E-state index in [2.05, 4.69) is 38.3 Å². The van der Waals surface area contributed by atoms with Crippen molar-refractivity contribution in [1.82, 2.24) is 10.6 Å². The van der Waals surface area contributed by atoms with Gasteiger partial charge in [-0.25, -0.2) is 4.79 Å². The molecule has 0 saturated heterocycles. The van der Waals surface area contributed by atoms with Crippen LogP contribution in [0.1, 0.15) is 47.0 Å². The standard InChI is InChI=1S/C15H26N2O3/c1-14(2)11(15(14,3)4)8-16-13(20)17-10-6-5-9(7-10)12(18)19/h9-11H,5-8H2,1-4H3,(H,18,19)(H2,16,17,20). The predicted octanol–water partition coefficient (Wildman–Crippen LogP) is 2.22. The Labute approximate surface area is 120 Å². The molecule has 0 aromatic rings. The molecular weight excluding hydrogens is 256 g/mol. The molecule has 2 rings (SSSR count). The number of carbonyl (C=O) groups excluding carboxylic acids is 1. The summed E-state index contributed by atoms with van der Waals surface area (Å²) in [4.78, 5) is 22.7. The lowest BCUT2D eigenvalue weighted by Gasteiger charge is -2.14. The molecule has 2 amide bonds. The van der Waals surface area contributed by atoms with Crippen LogP contribution in [0.25, 0.3) is 0 Å². The molecule has 5 heteroatoms. The van der Waals surface area contributed by atoms with Crippen LogP contribution in [-0.2, 0) is 4.79 Å². The van der Waals surface area contributed by atoms with Gasteiger partial charge in [0.1, 0.15) is 0 Å². The Morgan fingerprint density at radius 3 is 2.20 bits per heavy atom. The van der Waals surface area contributed by atoms with Crippen LogP contribution in [0.3, 0.4) is 0 Å². The average molecular weight is 282 g/mol. The molecule has 2 atom stereocenters. The number of hydrogen-bond acceptors (Lipinski definition) is 2. The minimum absolute atomic E-state index is 0.00340. The summed E-state index contributed by atoms with van der Waals surface area (Å²) < 4.78 is 0. The molecule has 0 bridgehead atoms. The van der Waals surface area contributed by atoms with Gasteiger partial charge in [0.25, 0.3) is 0 Å². The Hall–Kier alpha value is -1.26. The van der Waals surface area contributed by atoms with Gasteiger partial charge in [0.05, 0.1) is 5.92 Å². The van der Waals surface area contributed by atoms with E-state index in [0.717, 1.165) is 6.42 Å². The first kappa shape index (κ1) is 15.1. The normalized spacial score (nSPS) is 30.8. The van der Waals surface area contributed by atoms with Crippen LogP contribution in [0.5, 0.6) is 0 Å². The summed E-state index contributed by atoms with van der Waals surface area (Å²) in [7, 11) is 0. The van der Waals surface area contributed by atoms with Gasteiger partial charge in [0.15, 0.2) is 0 Å². The van der Waals surface area contributed by atoms with Crippen molar-refractivity contribution in [2.24, 2.45) is 22.7 Å². The molecule has 0 radical (unpaired) electrons. The highest BCUT2D eigenvalue weighted by Crippen LogP contribution is 2.67. The molecule has 3 N–H and O–H groups in total. The maximum atomic E-state index is 11.9. The molecule has 114 valence electrons. The van der Waals surface area contributed by atoms with Crippen LogP contribution in [0, 0.1) is 22.7 Å². The average Bonchev–Trinajstić information content (AvgIpc) is 2.70. The number of hydrogen-bond donors (Lipinski definition) is 3. The van der Waals surface area contributed by atoms with Gasteiger partial charge in [-0.15, -0.1) is 0 Å². The van der Waals surface area contributed by atoms with Gasteiger partial charge in [-0.05, 0) is 36.0 Å². The molecule has 0 heterocycles. The number of carbonyl (C=O) groups is 2. The molecule has 0 aromatic carbocycles. The molecule has 2 aliphatic carbocycles. The van der Waals surface area contributed by atoms with E-state index < -0.39 is 5.97 Å². The Bertz CT molecular complexity index is 403. The fourth-order valence-corrected chi connectivity index (χ4v) is 3.61. The van der Waals surface area contributed by atoms with Gasteiger partial charge in [-0.1, -0.05) is 27.7 Å². The first-order chi connectivity index (χ1) is 9.16. The van der Waals surface area contributed by atoms with Crippen LogP contribution in [0.2, 0.25) is 0 Å². The quantitative estimate of drug-likeness (QED) is 0.740. The van der Waals surface area contributed by atoms with Gasteiger partial charge in [-0.3, -0.25) is 4.79 Å². The lowest BCUT2D eigenvalue weighted by molar-refractivity contribution is -0.141. The fraction of sp³-hybridized carbons (Fsp3) is 0.867. The highest BCUT2D eigenvalue weighted by molar-refractivity contribution is 5.75. The second kappa shape index (κ2) is 4.93. The van der Waals surface area contributed by atoms with Crippen LogP contribution < -0.4 is 10.6 Å². The van der Waals surface area contributed by atoms with Gasteiger partial charge >= 0.3 is 12.0 Å².